The Balaban J connectivity index is 1.81. The Morgan fingerprint density at radius 2 is 1.77 bits per heavy atom. The lowest BCUT2D eigenvalue weighted by molar-refractivity contribution is -0.125. The summed E-state index contributed by atoms with van der Waals surface area (Å²) in [4.78, 5) is 39.4. The Labute approximate surface area is 182 Å². The first kappa shape index (κ1) is 22.1. The molecule has 2 aromatic carbocycles. The van der Waals surface area contributed by atoms with E-state index in [4.69, 9.17) is 0 Å². The van der Waals surface area contributed by atoms with Crippen LogP contribution in [-0.4, -0.2) is 28.9 Å². The van der Waals surface area contributed by atoms with Gasteiger partial charge in [0.15, 0.2) is 5.78 Å². The van der Waals surface area contributed by atoms with Gasteiger partial charge in [-0.2, -0.15) is 0 Å². The zero-order valence-corrected chi connectivity index (χ0v) is 19.2. The van der Waals surface area contributed by atoms with Crippen LogP contribution in [0, 0.1) is 20.8 Å². The molecule has 6 heteroatoms. The van der Waals surface area contributed by atoms with Gasteiger partial charge in [0.05, 0.1) is 17.1 Å². The van der Waals surface area contributed by atoms with Crippen molar-refractivity contribution < 1.29 is 14.4 Å². The van der Waals surface area contributed by atoms with E-state index in [-0.39, 0.29) is 23.4 Å². The minimum atomic E-state index is -0.969. The molecule has 1 aliphatic rings. The van der Waals surface area contributed by atoms with Gasteiger partial charge >= 0.3 is 0 Å². The highest BCUT2D eigenvalue weighted by Crippen LogP contribution is 2.37. The molecule has 5 nitrogen and oxygen atoms in total. The fourth-order valence-corrected chi connectivity index (χ4v) is 5.25. The third-order valence-electron chi connectivity index (χ3n) is 5.71. The van der Waals surface area contributed by atoms with Gasteiger partial charge in [-0.15, -0.1) is 11.8 Å². The molecule has 3 rings (SSSR count). The van der Waals surface area contributed by atoms with E-state index >= 15 is 0 Å². The summed E-state index contributed by atoms with van der Waals surface area (Å²) in [6, 6.07) is 9.40. The molecule has 0 spiro atoms. The predicted octanol–water partition coefficient (Wildman–Crippen LogP) is 4.81. The predicted molar refractivity (Wildman–Crippen MR) is 123 cm³/mol. The highest BCUT2D eigenvalue weighted by Gasteiger charge is 2.43. The van der Waals surface area contributed by atoms with E-state index in [1.165, 1.54) is 11.8 Å². The average molecular weight is 425 g/mol. The van der Waals surface area contributed by atoms with Gasteiger partial charge in [-0.05, 0) is 75.9 Å². The molecule has 0 saturated carbocycles. The van der Waals surface area contributed by atoms with Gasteiger partial charge in [-0.1, -0.05) is 18.2 Å². The fraction of sp³-hybridized carbons (Fsp3) is 0.375. The molecular formula is C24H28N2O3S. The highest BCUT2D eigenvalue weighted by molar-refractivity contribution is 7.99. The maximum atomic E-state index is 13.2. The Bertz CT molecular complexity index is 1040. The second kappa shape index (κ2) is 8.26. The molecule has 0 unspecified atom stereocenters. The van der Waals surface area contributed by atoms with E-state index < -0.39 is 5.54 Å². The largest absolute Gasteiger partial charge is 0.322 e. The monoisotopic (exact) mass is 424 g/mol. The van der Waals surface area contributed by atoms with Crippen molar-refractivity contribution in [3.05, 3.63) is 58.1 Å². The molecule has 30 heavy (non-hydrogen) atoms. The average Bonchev–Trinajstić information content (AvgIpc) is 2.64. The molecule has 0 fully saturated rings. The molecular weight excluding hydrogens is 396 g/mol. The highest BCUT2D eigenvalue weighted by atomic mass is 32.2. The smallest absolute Gasteiger partial charge is 0.250 e. The van der Waals surface area contributed by atoms with Crippen molar-refractivity contribution in [3.8, 4) is 0 Å². The number of fused-ring (bicyclic) bond motifs is 1. The van der Waals surface area contributed by atoms with E-state index in [0.717, 1.165) is 27.8 Å². The van der Waals surface area contributed by atoms with Gasteiger partial charge in [0.25, 0.3) is 0 Å². The van der Waals surface area contributed by atoms with Gasteiger partial charge in [-0.3, -0.25) is 19.3 Å². The number of carbonyl (C=O) groups excluding carboxylic acids is 3. The number of anilines is 2. The number of rotatable bonds is 5. The zero-order valence-electron chi connectivity index (χ0n) is 18.4. The summed E-state index contributed by atoms with van der Waals surface area (Å²) < 4.78 is 0. The van der Waals surface area contributed by atoms with Crippen LogP contribution >= 0.6 is 11.8 Å². The molecule has 1 heterocycles. The van der Waals surface area contributed by atoms with E-state index in [9.17, 15) is 14.4 Å². The summed E-state index contributed by atoms with van der Waals surface area (Å²) in [7, 11) is 0. The number of carbonyl (C=O) groups is 3. The van der Waals surface area contributed by atoms with Crippen molar-refractivity contribution in [1.29, 1.82) is 0 Å². The van der Waals surface area contributed by atoms with Crippen LogP contribution in [0.5, 0.6) is 0 Å². The van der Waals surface area contributed by atoms with Crippen molar-refractivity contribution >= 4 is 40.7 Å². The Kier molecular flexibility index (Phi) is 6.09. The van der Waals surface area contributed by atoms with Crippen LogP contribution in [0.1, 0.15) is 53.4 Å². The molecule has 0 atom stereocenters. The normalized spacial score (nSPS) is 14.9. The van der Waals surface area contributed by atoms with Gasteiger partial charge in [0.2, 0.25) is 11.8 Å². The summed E-state index contributed by atoms with van der Waals surface area (Å²) in [6.45, 7) is 11.1. The van der Waals surface area contributed by atoms with Gasteiger partial charge < -0.3 is 5.32 Å². The standard InChI is InChI=1S/C24H28N2O3S/c1-14-11-15(2)22(17(4)27)16(3)18(14)12-30-13-21(28)26-20-10-8-7-9-19(20)25-23(29)24(26,5)6/h7-11H,12-13H2,1-6H3,(H,25,29). The quantitative estimate of drug-likeness (QED) is 0.700. The van der Waals surface area contributed by atoms with Crippen LogP contribution in [0.2, 0.25) is 0 Å². The molecule has 0 saturated heterocycles. The number of thioether (sulfide) groups is 1. The number of amides is 2. The number of ketones is 1. The molecule has 1 N–H and O–H groups in total. The Morgan fingerprint density at radius 1 is 1.10 bits per heavy atom. The molecule has 1 aliphatic heterocycles. The minimum absolute atomic E-state index is 0.0602. The number of aryl methyl sites for hydroxylation is 2. The second-order valence-electron chi connectivity index (χ2n) is 8.30. The van der Waals surface area contributed by atoms with Gasteiger partial charge in [0, 0.05) is 11.3 Å². The molecule has 0 radical (unpaired) electrons. The molecule has 158 valence electrons. The lowest BCUT2D eigenvalue weighted by atomic mass is 9.92. The van der Waals surface area contributed by atoms with Crippen LogP contribution in [0.15, 0.2) is 30.3 Å². The van der Waals surface area contributed by atoms with Gasteiger partial charge in [0.1, 0.15) is 5.54 Å². The van der Waals surface area contributed by atoms with Crippen molar-refractivity contribution in [1.82, 2.24) is 0 Å². The van der Waals surface area contributed by atoms with Crippen LogP contribution < -0.4 is 10.2 Å². The lowest BCUT2D eigenvalue weighted by Gasteiger charge is -2.42. The van der Waals surface area contributed by atoms with Crippen molar-refractivity contribution in [2.45, 2.75) is 52.8 Å². The van der Waals surface area contributed by atoms with Crippen LogP contribution in [0.4, 0.5) is 11.4 Å². The zero-order chi connectivity index (χ0) is 22.2. The molecule has 0 aromatic heterocycles. The summed E-state index contributed by atoms with van der Waals surface area (Å²) in [6.07, 6.45) is 0. The van der Waals surface area contributed by atoms with E-state index in [2.05, 4.69) is 5.32 Å². The first-order valence-electron chi connectivity index (χ1n) is 9.97. The number of nitrogens with zero attached hydrogens (tertiary/aromatic N) is 1. The van der Waals surface area contributed by atoms with E-state index in [1.807, 2.05) is 45.0 Å². The van der Waals surface area contributed by atoms with Crippen molar-refractivity contribution in [3.63, 3.8) is 0 Å². The van der Waals surface area contributed by atoms with E-state index in [0.29, 0.717) is 17.1 Å². The Hall–Kier alpha value is -2.60. The maximum Gasteiger partial charge on any atom is 0.250 e. The summed E-state index contributed by atoms with van der Waals surface area (Å²) >= 11 is 1.51. The SMILES string of the molecule is CC(=O)c1c(C)cc(C)c(CSCC(=O)N2c3ccccc3NC(=O)C2(C)C)c1C. The number of hydrogen-bond donors (Lipinski definition) is 1. The van der Waals surface area contributed by atoms with Crippen LogP contribution in [-0.2, 0) is 15.3 Å². The van der Waals surface area contributed by atoms with Crippen molar-refractivity contribution in [2.75, 3.05) is 16.0 Å². The van der Waals surface area contributed by atoms with Crippen LogP contribution in [0.25, 0.3) is 0 Å². The second-order valence-corrected chi connectivity index (χ2v) is 9.28. The van der Waals surface area contributed by atoms with Crippen LogP contribution in [0.3, 0.4) is 0 Å². The maximum absolute atomic E-state index is 13.2. The number of hydrogen-bond acceptors (Lipinski definition) is 4. The Morgan fingerprint density at radius 3 is 2.43 bits per heavy atom. The number of nitrogens with one attached hydrogen (secondary N) is 1. The van der Waals surface area contributed by atoms with E-state index in [1.54, 1.807) is 31.7 Å². The lowest BCUT2D eigenvalue weighted by Crippen LogP contribution is -2.59. The van der Waals surface area contributed by atoms with Crippen molar-refractivity contribution in [2.24, 2.45) is 0 Å². The molecule has 2 aromatic rings. The summed E-state index contributed by atoms with van der Waals surface area (Å²) in [5, 5.41) is 2.88. The molecule has 2 amide bonds. The summed E-state index contributed by atoms with van der Waals surface area (Å²) in [5.41, 5.74) is 5.36. The number of benzene rings is 2. The third kappa shape index (κ3) is 3.88. The van der Waals surface area contributed by atoms with Gasteiger partial charge in [-0.25, -0.2) is 0 Å². The number of Topliss-reactive ketones (excluding diaryl/α,β-unsaturated/α-hetero) is 1. The molecule has 0 bridgehead atoms. The molecule has 0 aliphatic carbocycles. The first-order valence-corrected chi connectivity index (χ1v) is 11.1. The third-order valence-corrected chi connectivity index (χ3v) is 6.66. The topological polar surface area (TPSA) is 66.5 Å². The fourth-order valence-electron chi connectivity index (χ4n) is 4.19. The number of para-hydroxylation sites is 2. The summed E-state index contributed by atoms with van der Waals surface area (Å²) in [5.74, 6) is 0.627. The minimum Gasteiger partial charge on any atom is -0.322 e. The first-order chi connectivity index (χ1) is 14.1.